The highest BCUT2D eigenvalue weighted by Gasteiger charge is 1.84. The van der Waals surface area contributed by atoms with Gasteiger partial charge in [0.15, 0.2) is 0 Å². The van der Waals surface area contributed by atoms with Gasteiger partial charge in [-0.15, -0.1) is 6.42 Å². The zero-order valence-corrected chi connectivity index (χ0v) is 9.24. The molecule has 0 fully saturated rings. The van der Waals surface area contributed by atoms with E-state index in [0.29, 0.717) is 12.2 Å². The fourth-order valence-electron chi connectivity index (χ4n) is 1.09. The zero-order valence-electron chi connectivity index (χ0n) is 9.24. The Bertz CT molecular complexity index is 469. The average Bonchev–Trinajstić information content (AvgIpc) is 2.42. The van der Waals surface area contributed by atoms with Crippen LogP contribution in [0.25, 0.3) is 0 Å². The molecule has 0 saturated carbocycles. The smallest absolute Gasteiger partial charge is 0.298 e. The van der Waals surface area contributed by atoms with E-state index >= 15 is 0 Å². The first-order chi connectivity index (χ1) is 8.36. The van der Waals surface area contributed by atoms with Gasteiger partial charge in [-0.1, -0.05) is 42.3 Å². The molecule has 0 spiro atoms. The normalized spacial score (nSPS) is 8.18. The van der Waals surface area contributed by atoms with Crippen LogP contribution in [0, 0.1) is 12.3 Å². The minimum Gasteiger partial charge on any atom is -0.429 e. The van der Waals surface area contributed by atoms with Crippen LogP contribution < -0.4 is 4.74 Å². The van der Waals surface area contributed by atoms with E-state index in [2.05, 4.69) is 10.7 Å². The van der Waals surface area contributed by atoms with Gasteiger partial charge >= 0.3 is 0 Å². The van der Waals surface area contributed by atoms with Gasteiger partial charge in [0.2, 0.25) is 0 Å². The minimum atomic E-state index is 0.412. The second kappa shape index (κ2) is 7.72. The zero-order chi connectivity index (χ0) is 12.3. The Morgan fingerprint density at radius 1 is 0.941 bits per heavy atom. The molecule has 0 radical (unpaired) electrons. The van der Waals surface area contributed by atoms with Crippen molar-refractivity contribution in [2.24, 2.45) is 0 Å². The monoisotopic (exact) mass is 224 g/mol. The Morgan fingerprint density at radius 3 is 1.88 bits per heavy atom. The number of benzene rings is 2. The maximum atomic E-state index is 9.75. The maximum absolute atomic E-state index is 9.75. The fraction of sp³-hybridized carbons (Fsp3) is 0. The van der Waals surface area contributed by atoms with Crippen molar-refractivity contribution in [2.45, 2.75) is 0 Å². The molecule has 2 nitrogen and oxygen atoms in total. The minimum absolute atomic E-state index is 0.412. The van der Waals surface area contributed by atoms with Gasteiger partial charge in [-0.3, -0.25) is 4.79 Å². The maximum Gasteiger partial charge on any atom is 0.298 e. The third kappa shape index (κ3) is 5.19. The highest BCUT2D eigenvalue weighted by Crippen LogP contribution is 2.05. The van der Waals surface area contributed by atoms with E-state index in [1.54, 1.807) is 24.3 Å². The van der Waals surface area contributed by atoms with E-state index in [1.807, 2.05) is 36.4 Å². The molecule has 0 amide bonds. The van der Waals surface area contributed by atoms with Crippen LogP contribution in [0.2, 0.25) is 0 Å². The summed E-state index contributed by atoms with van der Waals surface area (Å²) in [7, 11) is 0. The number of terminal acetylenes is 1. The Hall–Kier alpha value is -2.53. The van der Waals surface area contributed by atoms with Crippen molar-refractivity contribution in [3.63, 3.8) is 0 Å². The van der Waals surface area contributed by atoms with Gasteiger partial charge in [-0.05, 0) is 24.3 Å². The number of hydrogen-bond acceptors (Lipinski definition) is 2. The summed E-state index contributed by atoms with van der Waals surface area (Å²) in [4.78, 5) is 9.75. The molecule has 0 aliphatic heterocycles. The summed E-state index contributed by atoms with van der Waals surface area (Å²) in [6, 6.07) is 18.5. The van der Waals surface area contributed by atoms with Crippen LogP contribution in [0.1, 0.15) is 5.56 Å². The third-order valence-corrected chi connectivity index (χ3v) is 1.87. The van der Waals surface area contributed by atoms with Crippen LogP contribution >= 0.6 is 0 Å². The summed E-state index contributed by atoms with van der Waals surface area (Å²) in [5.74, 6) is 3.10. The number of hydrogen-bond donors (Lipinski definition) is 0. The van der Waals surface area contributed by atoms with Gasteiger partial charge < -0.3 is 4.74 Å². The second-order valence-electron chi connectivity index (χ2n) is 3.04. The van der Waals surface area contributed by atoms with Crippen molar-refractivity contribution in [1.82, 2.24) is 0 Å². The van der Waals surface area contributed by atoms with Gasteiger partial charge in [0.1, 0.15) is 5.75 Å². The Balaban J connectivity index is 0.000000171. The molecule has 17 heavy (non-hydrogen) atoms. The van der Waals surface area contributed by atoms with Crippen LogP contribution in [0.4, 0.5) is 0 Å². The molecule has 0 saturated heterocycles. The van der Waals surface area contributed by atoms with Crippen LogP contribution in [0.15, 0.2) is 60.7 Å². The fourth-order valence-corrected chi connectivity index (χ4v) is 1.09. The molecule has 0 aliphatic carbocycles. The highest BCUT2D eigenvalue weighted by atomic mass is 16.5. The first kappa shape index (κ1) is 12.5. The SMILES string of the molecule is C#Cc1ccccc1.O=COc1ccccc1. The third-order valence-electron chi connectivity index (χ3n) is 1.87. The summed E-state index contributed by atoms with van der Waals surface area (Å²) in [5, 5.41) is 0. The highest BCUT2D eigenvalue weighted by molar-refractivity contribution is 5.44. The van der Waals surface area contributed by atoms with Crippen LogP contribution in [-0.2, 0) is 4.79 Å². The first-order valence-electron chi connectivity index (χ1n) is 5.04. The molecule has 0 heterocycles. The van der Waals surface area contributed by atoms with Gasteiger partial charge in [0, 0.05) is 5.56 Å². The number of para-hydroxylation sites is 1. The molecule has 0 atom stereocenters. The molecule has 2 rings (SSSR count). The lowest BCUT2D eigenvalue weighted by molar-refractivity contribution is -0.120. The van der Waals surface area contributed by atoms with Crippen molar-refractivity contribution in [1.29, 1.82) is 0 Å². The van der Waals surface area contributed by atoms with Crippen LogP contribution in [-0.4, -0.2) is 6.47 Å². The molecule has 84 valence electrons. The van der Waals surface area contributed by atoms with Crippen LogP contribution in [0.3, 0.4) is 0 Å². The summed E-state index contributed by atoms with van der Waals surface area (Å²) >= 11 is 0. The number of carbonyl (C=O) groups excluding carboxylic acids is 1. The molecule has 0 bridgehead atoms. The van der Waals surface area contributed by atoms with E-state index in [0.717, 1.165) is 5.56 Å². The van der Waals surface area contributed by atoms with Gasteiger partial charge in [0.05, 0.1) is 0 Å². The molecule has 2 heteroatoms. The molecule has 2 aromatic rings. The lowest BCUT2D eigenvalue weighted by Crippen LogP contribution is -1.85. The van der Waals surface area contributed by atoms with Gasteiger partial charge in [-0.25, -0.2) is 0 Å². The number of ether oxygens (including phenoxy) is 1. The summed E-state index contributed by atoms with van der Waals surface area (Å²) in [5.41, 5.74) is 0.938. The molecular weight excluding hydrogens is 212 g/mol. The van der Waals surface area contributed by atoms with E-state index in [-0.39, 0.29) is 0 Å². The number of carbonyl (C=O) groups is 1. The van der Waals surface area contributed by atoms with E-state index in [1.165, 1.54) is 0 Å². The van der Waals surface area contributed by atoms with Crippen molar-refractivity contribution >= 4 is 6.47 Å². The molecule has 0 aliphatic rings. The first-order valence-corrected chi connectivity index (χ1v) is 5.04. The largest absolute Gasteiger partial charge is 0.429 e. The standard InChI is InChI=1S/C8H6.C7H6O2/c1-2-8-6-4-3-5-7-8;8-6-9-7-4-2-1-3-5-7/h1,3-7H;1-6H. The molecule has 0 aromatic heterocycles. The van der Waals surface area contributed by atoms with Crippen molar-refractivity contribution in [3.05, 3.63) is 66.2 Å². The summed E-state index contributed by atoms with van der Waals surface area (Å²) < 4.78 is 4.53. The van der Waals surface area contributed by atoms with Crippen molar-refractivity contribution < 1.29 is 9.53 Å². The average molecular weight is 224 g/mol. The Morgan fingerprint density at radius 2 is 1.47 bits per heavy atom. The van der Waals surface area contributed by atoms with Crippen LogP contribution in [0.5, 0.6) is 5.75 Å². The van der Waals surface area contributed by atoms with Crippen molar-refractivity contribution in [3.8, 4) is 18.1 Å². The Kier molecular flexibility index (Phi) is 5.70. The quantitative estimate of drug-likeness (QED) is 0.579. The Labute approximate surface area is 101 Å². The molecule has 0 unspecified atom stereocenters. The van der Waals surface area contributed by atoms with Gasteiger partial charge in [0.25, 0.3) is 6.47 Å². The van der Waals surface area contributed by atoms with Crippen molar-refractivity contribution in [2.75, 3.05) is 0 Å². The lowest BCUT2D eigenvalue weighted by Gasteiger charge is -1.92. The van der Waals surface area contributed by atoms with Gasteiger partial charge in [-0.2, -0.15) is 0 Å². The summed E-state index contributed by atoms with van der Waals surface area (Å²) in [6.07, 6.45) is 5.10. The van der Waals surface area contributed by atoms with E-state index in [4.69, 9.17) is 6.42 Å². The predicted octanol–water partition coefficient (Wildman–Crippen LogP) is 2.89. The molecule has 0 N–H and O–H groups in total. The number of rotatable bonds is 2. The molecule has 2 aromatic carbocycles. The second-order valence-corrected chi connectivity index (χ2v) is 3.04. The topological polar surface area (TPSA) is 26.3 Å². The molecular formula is C15H12O2. The van der Waals surface area contributed by atoms with E-state index < -0.39 is 0 Å². The lowest BCUT2D eigenvalue weighted by atomic mass is 10.2. The summed E-state index contributed by atoms with van der Waals surface area (Å²) in [6.45, 7) is 0.412. The van der Waals surface area contributed by atoms with E-state index in [9.17, 15) is 4.79 Å². The predicted molar refractivity (Wildman–Crippen MR) is 67.5 cm³/mol.